The van der Waals surface area contributed by atoms with Gasteiger partial charge in [-0.2, -0.15) is 0 Å². The summed E-state index contributed by atoms with van der Waals surface area (Å²) >= 11 is 6.02. The van der Waals surface area contributed by atoms with Gasteiger partial charge in [-0.1, -0.05) is 30.2 Å². The Morgan fingerprint density at radius 2 is 1.72 bits per heavy atom. The Hall–Kier alpha value is -2.20. The summed E-state index contributed by atoms with van der Waals surface area (Å²) in [4.78, 5) is 25.9. The third kappa shape index (κ3) is 2.83. The van der Waals surface area contributed by atoms with Crippen molar-refractivity contribution >= 4 is 29.0 Å². The third-order valence-corrected chi connectivity index (χ3v) is 7.82. The van der Waals surface area contributed by atoms with Crippen LogP contribution in [0.2, 0.25) is 5.02 Å². The standard InChI is InChI=1S/C24H23ClFNO2/c25-17-4-1-3-16(11-17)20(28)12-22-13-23(14-22,15-22)24(9-2-10-24)21(29)27-19-7-5-18(26)6-8-19/h1,3-8,11H,2,9-10,12-15H2,(H,27,29). The highest BCUT2D eigenvalue weighted by Crippen LogP contribution is 2.83. The largest absolute Gasteiger partial charge is 0.326 e. The summed E-state index contributed by atoms with van der Waals surface area (Å²) in [5, 5.41) is 3.59. The van der Waals surface area contributed by atoms with Crippen LogP contribution in [0.3, 0.4) is 0 Å². The number of hydrogen-bond acceptors (Lipinski definition) is 2. The Morgan fingerprint density at radius 3 is 2.31 bits per heavy atom. The quantitative estimate of drug-likeness (QED) is 0.590. The number of halogens is 2. The second-order valence-electron chi connectivity index (χ2n) is 9.32. The Kier molecular flexibility index (Phi) is 4.15. The zero-order chi connectivity index (χ0) is 20.3. The average Bonchev–Trinajstić information content (AvgIpc) is 2.59. The minimum Gasteiger partial charge on any atom is -0.326 e. The van der Waals surface area contributed by atoms with Crippen LogP contribution in [-0.4, -0.2) is 11.7 Å². The SMILES string of the molecule is O=C(CC12CC(C3(C(=O)Nc4ccc(F)cc4)CCC3)(C1)C2)c1cccc(Cl)c1. The van der Waals surface area contributed by atoms with Crippen molar-refractivity contribution < 1.29 is 14.0 Å². The first kappa shape index (κ1) is 18.8. The number of amides is 1. The van der Waals surface area contributed by atoms with Crippen LogP contribution in [0.4, 0.5) is 10.1 Å². The van der Waals surface area contributed by atoms with Crippen LogP contribution in [-0.2, 0) is 4.79 Å². The number of Topliss-reactive ketones (excluding diaryl/α,β-unsaturated/α-hetero) is 1. The monoisotopic (exact) mass is 411 g/mol. The van der Waals surface area contributed by atoms with Crippen LogP contribution < -0.4 is 5.32 Å². The number of nitrogens with one attached hydrogen (secondary N) is 1. The van der Waals surface area contributed by atoms with E-state index in [1.54, 1.807) is 24.3 Å². The summed E-state index contributed by atoms with van der Waals surface area (Å²) in [6, 6.07) is 13.1. The molecule has 4 aliphatic rings. The first-order chi connectivity index (χ1) is 13.9. The predicted octanol–water partition coefficient (Wildman–Crippen LogP) is 6.03. The van der Waals surface area contributed by atoms with E-state index in [9.17, 15) is 14.0 Å². The van der Waals surface area contributed by atoms with E-state index in [1.807, 2.05) is 12.1 Å². The normalized spacial score (nSPS) is 28.5. The minimum atomic E-state index is -0.331. The molecular weight excluding hydrogens is 389 g/mol. The third-order valence-electron chi connectivity index (χ3n) is 7.58. The maximum atomic E-state index is 13.2. The van der Waals surface area contributed by atoms with Gasteiger partial charge in [0.05, 0.1) is 5.41 Å². The number of carbonyl (C=O) groups excluding carboxylic acids is 2. The van der Waals surface area contributed by atoms with E-state index in [4.69, 9.17) is 11.6 Å². The van der Waals surface area contributed by atoms with Crippen molar-refractivity contribution in [3.63, 3.8) is 0 Å². The molecule has 2 aromatic rings. The van der Waals surface area contributed by atoms with Crippen LogP contribution in [0, 0.1) is 22.1 Å². The maximum absolute atomic E-state index is 13.2. The summed E-state index contributed by atoms with van der Waals surface area (Å²) in [7, 11) is 0. The van der Waals surface area contributed by atoms with Gasteiger partial charge in [-0.3, -0.25) is 9.59 Å². The zero-order valence-corrected chi connectivity index (χ0v) is 16.9. The van der Waals surface area contributed by atoms with Crippen LogP contribution in [0.1, 0.15) is 55.3 Å². The smallest absolute Gasteiger partial charge is 0.231 e. The van der Waals surface area contributed by atoms with Crippen molar-refractivity contribution in [2.45, 2.75) is 44.9 Å². The number of hydrogen-bond donors (Lipinski definition) is 1. The lowest BCUT2D eigenvalue weighted by molar-refractivity contribution is -0.278. The molecule has 4 aliphatic carbocycles. The van der Waals surface area contributed by atoms with Gasteiger partial charge < -0.3 is 5.32 Å². The molecule has 0 aromatic heterocycles. The van der Waals surface area contributed by atoms with E-state index in [1.165, 1.54) is 12.1 Å². The number of carbonyl (C=O) groups is 2. The number of rotatable bonds is 6. The van der Waals surface area contributed by atoms with E-state index in [2.05, 4.69) is 5.32 Å². The fraction of sp³-hybridized carbons (Fsp3) is 0.417. The Morgan fingerprint density at radius 1 is 1.03 bits per heavy atom. The lowest BCUT2D eigenvalue weighted by atomic mass is 9.25. The Bertz CT molecular complexity index is 976. The molecule has 2 bridgehead atoms. The topological polar surface area (TPSA) is 46.2 Å². The lowest BCUT2D eigenvalue weighted by Crippen LogP contribution is -2.73. The molecule has 150 valence electrons. The number of benzene rings is 2. The summed E-state index contributed by atoms with van der Waals surface area (Å²) in [5.74, 6) is -0.115. The molecule has 4 fully saturated rings. The maximum Gasteiger partial charge on any atom is 0.231 e. The first-order valence-electron chi connectivity index (χ1n) is 10.2. The highest BCUT2D eigenvalue weighted by molar-refractivity contribution is 6.31. The lowest BCUT2D eigenvalue weighted by Gasteiger charge is -2.78. The molecular formula is C24H23ClFNO2. The summed E-state index contributed by atoms with van der Waals surface area (Å²) in [5.41, 5.74) is 1.06. The fourth-order valence-electron chi connectivity index (χ4n) is 6.11. The molecule has 6 rings (SSSR count). The summed E-state index contributed by atoms with van der Waals surface area (Å²) < 4.78 is 13.1. The van der Waals surface area contributed by atoms with Crippen LogP contribution in [0.25, 0.3) is 0 Å². The van der Waals surface area contributed by atoms with Crippen LogP contribution in [0.15, 0.2) is 48.5 Å². The molecule has 0 heterocycles. The van der Waals surface area contributed by atoms with Gasteiger partial charge in [0.2, 0.25) is 5.91 Å². The Balaban J connectivity index is 1.26. The summed E-state index contributed by atoms with van der Waals surface area (Å²) in [6.45, 7) is 0. The van der Waals surface area contributed by atoms with E-state index in [0.717, 1.165) is 38.5 Å². The van der Waals surface area contributed by atoms with E-state index in [-0.39, 0.29) is 33.8 Å². The molecule has 2 aromatic carbocycles. The van der Waals surface area contributed by atoms with Gasteiger partial charge in [0.15, 0.2) is 5.78 Å². The highest BCUT2D eigenvalue weighted by atomic mass is 35.5. The molecule has 3 nitrogen and oxygen atoms in total. The van der Waals surface area contributed by atoms with Gasteiger partial charge in [-0.15, -0.1) is 0 Å². The molecule has 5 heteroatoms. The van der Waals surface area contributed by atoms with Crippen molar-refractivity contribution in [3.05, 3.63) is 64.9 Å². The van der Waals surface area contributed by atoms with Gasteiger partial charge in [0.1, 0.15) is 5.82 Å². The molecule has 0 aliphatic heterocycles. The number of anilines is 1. The number of ketones is 1. The average molecular weight is 412 g/mol. The molecule has 0 spiro atoms. The second kappa shape index (κ2) is 6.40. The van der Waals surface area contributed by atoms with Crippen molar-refractivity contribution in [2.75, 3.05) is 5.32 Å². The molecule has 0 saturated heterocycles. The van der Waals surface area contributed by atoms with Gasteiger partial charge >= 0.3 is 0 Å². The molecule has 1 N–H and O–H groups in total. The van der Waals surface area contributed by atoms with E-state index < -0.39 is 0 Å². The van der Waals surface area contributed by atoms with E-state index >= 15 is 0 Å². The predicted molar refractivity (Wildman–Crippen MR) is 110 cm³/mol. The van der Waals surface area contributed by atoms with Gasteiger partial charge in [0.25, 0.3) is 0 Å². The molecule has 1 amide bonds. The van der Waals surface area contributed by atoms with Gasteiger partial charge in [0, 0.05) is 22.7 Å². The Labute approximate surface area is 174 Å². The van der Waals surface area contributed by atoms with Crippen molar-refractivity contribution in [1.82, 2.24) is 0 Å². The fourth-order valence-corrected chi connectivity index (χ4v) is 6.30. The molecule has 0 radical (unpaired) electrons. The van der Waals surface area contributed by atoms with Crippen molar-refractivity contribution in [1.29, 1.82) is 0 Å². The first-order valence-corrected chi connectivity index (χ1v) is 10.6. The van der Waals surface area contributed by atoms with Gasteiger partial charge in [-0.25, -0.2) is 4.39 Å². The van der Waals surface area contributed by atoms with Crippen molar-refractivity contribution in [3.8, 4) is 0 Å². The van der Waals surface area contributed by atoms with Gasteiger partial charge in [-0.05, 0) is 79.3 Å². The van der Waals surface area contributed by atoms with E-state index in [0.29, 0.717) is 22.7 Å². The minimum absolute atomic E-state index is 0.0317. The molecule has 0 unspecified atom stereocenters. The molecule has 0 atom stereocenters. The molecule has 29 heavy (non-hydrogen) atoms. The van der Waals surface area contributed by atoms with Crippen LogP contribution >= 0.6 is 11.6 Å². The molecule has 4 saturated carbocycles. The summed E-state index contributed by atoms with van der Waals surface area (Å²) in [6.07, 6.45) is 6.24. The highest BCUT2D eigenvalue weighted by Gasteiger charge is 2.77. The second-order valence-corrected chi connectivity index (χ2v) is 9.75. The van der Waals surface area contributed by atoms with Crippen molar-refractivity contribution in [2.24, 2.45) is 16.2 Å². The van der Waals surface area contributed by atoms with Crippen LogP contribution in [0.5, 0.6) is 0 Å². The zero-order valence-electron chi connectivity index (χ0n) is 16.1.